The minimum Gasteiger partial charge on any atom is -0.340 e. The van der Waals surface area contributed by atoms with Gasteiger partial charge in [0.2, 0.25) is 11.8 Å². The Hall–Kier alpha value is -1.32. The fourth-order valence-corrected chi connectivity index (χ4v) is 2.84. The van der Waals surface area contributed by atoms with Gasteiger partial charge in [0.1, 0.15) is 11.1 Å². The summed E-state index contributed by atoms with van der Waals surface area (Å²) in [5, 5.41) is 3.00. The molecule has 2 rings (SSSR count). The van der Waals surface area contributed by atoms with Gasteiger partial charge >= 0.3 is 0 Å². The molecule has 2 fully saturated rings. The molecule has 0 aromatic heterocycles. The summed E-state index contributed by atoms with van der Waals surface area (Å²) >= 11 is 0. The first-order chi connectivity index (χ1) is 8.90. The molecule has 0 bridgehead atoms. The molecule has 2 unspecified atom stereocenters. The fourth-order valence-electron chi connectivity index (χ4n) is 2.84. The lowest BCUT2D eigenvalue weighted by molar-refractivity contribution is -0.161. The fraction of sp³-hybridized carbons (Fsp3) is 0.733. The number of carbonyl (C=O) groups excluding carboxylic acids is 2. The number of rotatable bonds is 4. The van der Waals surface area contributed by atoms with Crippen molar-refractivity contribution in [1.29, 1.82) is 0 Å². The van der Waals surface area contributed by atoms with E-state index >= 15 is 0 Å². The largest absolute Gasteiger partial charge is 0.340 e. The topological polar surface area (TPSA) is 49.4 Å². The lowest BCUT2D eigenvalue weighted by Crippen LogP contribution is -2.74. The molecule has 2 aliphatic rings. The second-order valence-electron chi connectivity index (χ2n) is 6.04. The number of hydrogen-bond donors (Lipinski definition) is 1. The minimum absolute atomic E-state index is 0.0199. The van der Waals surface area contributed by atoms with E-state index < -0.39 is 11.1 Å². The van der Waals surface area contributed by atoms with Crippen LogP contribution in [0.25, 0.3) is 0 Å². The Labute approximate surface area is 115 Å². The summed E-state index contributed by atoms with van der Waals surface area (Å²) in [6.45, 7) is 8.13. The van der Waals surface area contributed by atoms with E-state index in [1.165, 1.54) is 0 Å². The quantitative estimate of drug-likeness (QED) is 0.788. The van der Waals surface area contributed by atoms with E-state index in [0.29, 0.717) is 18.9 Å². The predicted molar refractivity (Wildman–Crippen MR) is 74.5 cm³/mol. The van der Waals surface area contributed by atoms with Gasteiger partial charge in [0.05, 0.1) is 0 Å². The van der Waals surface area contributed by atoms with Gasteiger partial charge in [-0.15, -0.1) is 0 Å². The molecule has 4 nitrogen and oxygen atoms in total. The molecule has 2 amide bonds. The van der Waals surface area contributed by atoms with Crippen molar-refractivity contribution in [2.45, 2.75) is 58.0 Å². The third kappa shape index (κ3) is 2.07. The van der Waals surface area contributed by atoms with Crippen molar-refractivity contribution >= 4 is 11.8 Å². The molecule has 1 saturated carbocycles. The van der Waals surface area contributed by atoms with Gasteiger partial charge in [-0.3, -0.25) is 9.59 Å². The summed E-state index contributed by atoms with van der Waals surface area (Å²) in [6, 6.07) is 0. The second-order valence-corrected chi connectivity index (χ2v) is 6.04. The van der Waals surface area contributed by atoms with Gasteiger partial charge in [0.25, 0.3) is 0 Å². The van der Waals surface area contributed by atoms with Crippen LogP contribution in [-0.4, -0.2) is 34.3 Å². The second kappa shape index (κ2) is 4.66. The number of amides is 2. The first-order valence-corrected chi connectivity index (χ1v) is 7.16. The van der Waals surface area contributed by atoms with Crippen LogP contribution in [0.3, 0.4) is 0 Å². The average Bonchev–Trinajstić information content (AvgIpc) is 3.21. The van der Waals surface area contributed by atoms with E-state index in [9.17, 15) is 9.59 Å². The Bertz CT molecular complexity index is 428. The standard InChI is InChI=1S/C15H24N2O2/c1-5-7-10-17-13(19)15(4,11-8-9-11)16-12(18)14(17,3)6-2/h5,7,11H,6,8-10H2,1-4H3,(H,16,18)/b7-5+. The first kappa shape index (κ1) is 14.1. The number of nitrogens with zero attached hydrogens (tertiary/aromatic N) is 1. The van der Waals surface area contributed by atoms with Crippen LogP contribution in [-0.2, 0) is 9.59 Å². The summed E-state index contributed by atoms with van der Waals surface area (Å²) in [6.07, 6.45) is 6.55. The normalized spacial score (nSPS) is 35.9. The lowest BCUT2D eigenvalue weighted by atomic mass is 9.83. The zero-order valence-corrected chi connectivity index (χ0v) is 12.3. The monoisotopic (exact) mass is 264 g/mol. The average molecular weight is 264 g/mol. The van der Waals surface area contributed by atoms with E-state index in [4.69, 9.17) is 0 Å². The molecule has 0 radical (unpaired) electrons. The van der Waals surface area contributed by atoms with Crippen LogP contribution < -0.4 is 5.32 Å². The van der Waals surface area contributed by atoms with Gasteiger partial charge in [0.15, 0.2) is 0 Å². The van der Waals surface area contributed by atoms with Gasteiger partial charge in [-0.25, -0.2) is 0 Å². The molecule has 0 aromatic rings. The third-order valence-corrected chi connectivity index (χ3v) is 4.75. The molecular formula is C15H24N2O2. The van der Waals surface area contributed by atoms with Gasteiger partial charge in [-0.05, 0) is 46.0 Å². The molecule has 4 heteroatoms. The maximum absolute atomic E-state index is 12.8. The molecule has 1 saturated heterocycles. The van der Waals surface area contributed by atoms with E-state index in [-0.39, 0.29) is 11.8 Å². The highest BCUT2D eigenvalue weighted by molar-refractivity contribution is 6.02. The van der Waals surface area contributed by atoms with Crippen molar-refractivity contribution in [3.8, 4) is 0 Å². The molecule has 1 aliphatic carbocycles. The molecule has 2 atom stereocenters. The molecule has 1 heterocycles. The van der Waals surface area contributed by atoms with Crippen LogP contribution in [0.15, 0.2) is 12.2 Å². The van der Waals surface area contributed by atoms with Crippen molar-refractivity contribution in [2.24, 2.45) is 5.92 Å². The van der Waals surface area contributed by atoms with Crippen LogP contribution in [0.2, 0.25) is 0 Å². The lowest BCUT2D eigenvalue weighted by Gasteiger charge is -2.50. The molecule has 0 aromatic carbocycles. The summed E-state index contributed by atoms with van der Waals surface area (Å²) in [5.74, 6) is 0.351. The molecular weight excluding hydrogens is 240 g/mol. The van der Waals surface area contributed by atoms with Gasteiger partial charge in [-0.1, -0.05) is 19.1 Å². The molecule has 0 spiro atoms. The van der Waals surface area contributed by atoms with Crippen LogP contribution in [0, 0.1) is 5.92 Å². The van der Waals surface area contributed by atoms with Gasteiger partial charge in [0, 0.05) is 6.54 Å². The summed E-state index contributed by atoms with van der Waals surface area (Å²) in [4.78, 5) is 27.1. The predicted octanol–water partition coefficient (Wildman–Crippen LogP) is 1.86. The Morgan fingerprint density at radius 3 is 2.47 bits per heavy atom. The van der Waals surface area contributed by atoms with Crippen molar-refractivity contribution in [1.82, 2.24) is 10.2 Å². The Kier molecular flexibility index (Phi) is 3.45. The Morgan fingerprint density at radius 2 is 2.00 bits per heavy atom. The highest BCUT2D eigenvalue weighted by atomic mass is 16.2. The Morgan fingerprint density at radius 1 is 1.37 bits per heavy atom. The molecule has 19 heavy (non-hydrogen) atoms. The van der Waals surface area contributed by atoms with Crippen molar-refractivity contribution in [3.63, 3.8) is 0 Å². The summed E-state index contributed by atoms with van der Waals surface area (Å²) in [5.41, 5.74) is -1.43. The number of carbonyl (C=O) groups is 2. The highest BCUT2D eigenvalue weighted by Gasteiger charge is 2.58. The Balaban J connectivity index is 2.36. The minimum atomic E-state index is -0.731. The van der Waals surface area contributed by atoms with Gasteiger partial charge < -0.3 is 10.2 Å². The van der Waals surface area contributed by atoms with Crippen molar-refractivity contribution in [3.05, 3.63) is 12.2 Å². The number of piperazine rings is 1. The van der Waals surface area contributed by atoms with Crippen LogP contribution in [0.1, 0.15) is 47.0 Å². The van der Waals surface area contributed by atoms with E-state index in [2.05, 4.69) is 5.32 Å². The van der Waals surface area contributed by atoms with E-state index in [0.717, 1.165) is 12.8 Å². The molecule has 106 valence electrons. The number of nitrogens with one attached hydrogen (secondary N) is 1. The van der Waals surface area contributed by atoms with Crippen LogP contribution >= 0.6 is 0 Å². The van der Waals surface area contributed by atoms with Crippen molar-refractivity contribution < 1.29 is 9.59 Å². The maximum atomic E-state index is 12.8. The van der Waals surface area contributed by atoms with E-state index in [1.54, 1.807) is 4.90 Å². The smallest absolute Gasteiger partial charge is 0.249 e. The zero-order chi connectivity index (χ0) is 14.3. The summed E-state index contributed by atoms with van der Waals surface area (Å²) < 4.78 is 0. The van der Waals surface area contributed by atoms with Crippen LogP contribution in [0.4, 0.5) is 0 Å². The maximum Gasteiger partial charge on any atom is 0.249 e. The number of hydrogen-bond acceptors (Lipinski definition) is 2. The molecule has 1 aliphatic heterocycles. The number of allylic oxidation sites excluding steroid dienone is 1. The highest BCUT2D eigenvalue weighted by Crippen LogP contribution is 2.44. The first-order valence-electron chi connectivity index (χ1n) is 7.16. The van der Waals surface area contributed by atoms with Gasteiger partial charge in [-0.2, -0.15) is 0 Å². The van der Waals surface area contributed by atoms with Crippen LogP contribution in [0.5, 0.6) is 0 Å². The SMILES string of the molecule is C/C=C/CN1C(=O)C(C)(C2CC2)NC(=O)C1(C)CC. The van der Waals surface area contributed by atoms with Crippen molar-refractivity contribution in [2.75, 3.05) is 6.54 Å². The summed E-state index contributed by atoms with van der Waals surface area (Å²) in [7, 11) is 0. The molecule has 1 N–H and O–H groups in total. The zero-order valence-electron chi connectivity index (χ0n) is 12.3. The van der Waals surface area contributed by atoms with E-state index in [1.807, 2.05) is 39.8 Å². The third-order valence-electron chi connectivity index (χ3n) is 4.75.